The Morgan fingerprint density at radius 3 is 2.24 bits per heavy atom. The number of ketones is 1. The van der Waals surface area contributed by atoms with E-state index in [2.05, 4.69) is 0 Å². The molecule has 1 fully saturated rings. The molecule has 10 heteroatoms. The van der Waals surface area contributed by atoms with E-state index in [4.69, 9.17) is 39.5 Å². The highest BCUT2D eigenvalue weighted by atomic mass is 35.5. The van der Waals surface area contributed by atoms with E-state index in [0.717, 1.165) is 25.7 Å². The van der Waals surface area contributed by atoms with Crippen LogP contribution in [-0.4, -0.2) is 34.3 Å². The molecule has 0 spiro atoms. The summed E-state index contributed by atoms with van der Waals surface area (Å²) in [4.78, 5) is 51.1. The Hall–Kier alpha value is -2.61. The number of carbonyl (C=O) groups excluding carboxylic acids is 3. The van der Waals surface area contributed by atoms with Crippen molar-refractivity contribution in [3.05, 3.63) is 62.6 Å². The molecule has 0 atom stereocenters. The van der Waals surface area contributed by atoms with Gasteiger partial charge in [0.05, 0.1) is 33.6 Å². The lowest BCUT2D eigenvalue weighted by Crippen LogP contribution is -2.37. The molecule has 2 aromatic rings. The van der Waals surface area contributed by atoms with Crippen LogP contribution in [0.25, 0.3) is 0 Å². The van der Waals surface area contributed by atoms with Crippen LogP contribution in [0.2, 0.25) is 15.1 Å². The van der Waals surface area contributed by atoms with Gasteiger partial charge in [-0.2, -0.15) is 0 Å². The first-order valence-electron chi connectivity index (χ1n) is 11.9. The van der Waals surface area contributed by atoms with Crippen LogP contribution in [0.3, 0.4) is 0 Å². The maximum Gasteiger partial charge on any atom is 0.375 e. The van der Waals surface area contributed by atoms with Crippen LogP contribution < -0.4 is 4.90 Å². The Bertz CT molecular complexity index is 1210. The number of benzene rings is 2. The first kappa shape index (κ1) is 29.0. The van der Waals surface area contributed by atoms with Crippen molar-refractivity contribution in [1.29, 1.82) is 0 Å². The molecular formula is C27H28Cl3NO6. The number of hydrogen-bond donors (Lipinski definition) is 1. The van der Waals surface area contributed by atoms with Crippen LogP contribution in [0.5, 0.6) is 0 Å². The lowest BCUT2D eigenvalue weighted by molar-refractivity contribution is -0.165. The van der Waals surface area contributed by atoms with Crippen molar-refractivity contribution < 1.29 is 29.0 Å². The maximum atomic E-state index is 13.3. The smallest absolute Gasteiger partial charge is 0.375 e. The Labute approximate surface area is 230 Å². The quantitative estimate of drug-likeness (QED) is 0.193. The van der Waals surface area contributed by atoms with Crippen molar-refractivity contribution in [2.45, 2.75) is 64.5 Å². The van der Waals surface area contributed by atoms with Gasteiger partial charge in [-0.25, -0.2) is 9.59 Å². The molecule has 1 aliphatic carbocycles. The Morgan fingerprint density at radius 1 is 0.973 bits per heavy atom. The van der Waals surface area contributed by atoms with Crippen molar-refractivity contribution in [2.24, 2.45) is 5.92 Å². The van der Waals surface area contributed by atoms with Crippen LogP contribution in [0.1, 0.15) is 68.3 Å². The predicted octanol–water partition coefficient (Wildman–Crippen LogP) is 6.74. The molecular weight excluding hydrogens is 541 g/mol. The number of amides is 1. The molecule has 7 nitrogen and oxygen atoms in total. The summed E-state index contributed by atoms with van der Waals surface area (Å²) in [6, 6.07) is 8.77. The summed E-state index contributed by atoms with van der Waals surface area (Å²) in [7, 11) is 0. The highest BCUT2D eigenvalue weighted by Gasteiger charge is 2.32. The number of esters is 1. The van der Waals surface area contributed by atoms with Gasteiger partial charge in [-0.3, -0.25) is 9.59 Å². The van der Waals surface area contributed by atoms with Crippen molar-refractivity contribution in [3.8, 4) is 0 Å². The molecule has 0 bridgehead atoms. The number of carboxylic acid groups (broad SMARTS) is 1. The summed E-state index contributed by atoms with van der Waals surface area (Å²) in [5, 5.41) is 9.79. The molecule has 37 heavy (non-hydrogen) atoms. The number of ether oxygens (including phenoxy) is 1. The number of rotatable bonds is 10. The fourth-order valence-corrected chi connectivity index (χ4v) is 5.13. The van der Waals surface area contributed by atoms with Gasteiger partial charge in [0, 0.05) is 5.69 Å². The van der Waals surface area contributed by atoms with Crippen molar-refractivity contribution in [1.82, 2.24) is 0 Å². The van der Waals surface area contributed by atoms with Gasteiger partial charge in [0.2, 0.25) is 11.7 Å². The van der Waals surface area contributed by atoms with Gasteiger partial charge in [0.25, 0.3) is 0 Å². The Kier molecular flexibility index (Phi) is 9.62. The number of halogens is 3. The van der Waals surface area contributed by atoms with E-state index < -0.39 is 35.7 Å². The third-order valence-corrected chi connectivity index (χ3v) is 7.34. The zero-order valence-corrected chi connectivity index (χ0v) is 22.8. The minimum Gasteiger partial charge on any atom is -0.478 e. The predicted molar refractivity (Wildman–Crippen MR) is 142 cm³/mol. The molecule has 0 saturated heterocycles. The summed E-state index contributed by atoms with van der Waals surface area (Å²) in [5.41, 5.74) is -0.135. The number of carbonyl (C=O) groups is 4. The van der Waals surface area contributed by atoms with Gasteiger partial charge in [0.15, 0.2) is 0 Å². The Balaban J connectivity index is 1.78. The molecule has 1 amide bonds. The summed E-state index contributed by atoms with van der Waals surface area (Å²) in [6.45, 7) is 3.50. The fourth-order valence-electron chi connectivity index (χ4n) is 4.55. The van der Waals surface area contributed by atoms with Crippen LogP contribution in [-0.2, 0) is 25.7 Å². The van der Waals surface area contributed by atoms with E-state index in [9.17, 15) is 24.3 Å². The number of hydrogen-bond acceptors (Lipinski definition) is 5. The second-order valence-electron chi connectivity index (χ2n) is 9.80. The topological polar surface area (TPSA) is 101 Å². The van der Waals surface area contributed by atoms with E-state index >= 15 is 0 Å². The number of nitrogens with zero attached hydrogens (tertiary/aromatic N) is 1. The molecule has 0 radical (unpaired) electrons. The van der Waals surface area contributed by atoms with Gasteiger partial charge in [0.1, 0.15) is 5.60 Å². The van der Waals surface area contributed by atoms with Gasteiger partial charge < -0.3 is 14.7 Å². The number of Topliss-reactive ketones (excluding diaryl/α,β-unsaturated/α-hetero) is 1. The first-order valence-corrected chi connectivity index (χ1v) is 13.0. The second kappa shape index (κ2) is 12.3. The third-order valence-electron chi connectivity index (χ3n) is 6.28. The van der Waals surface area contributed by atoms with Gasteiger partial charge in [-0.1, -0.05) is 66.6 Å². The van der Waals surface area contributed by atoms with Gasteiger partial charge in [-0.05, 0) is 62.1 Å². The van der Waals surface area contributed by atoms with Crippen LogP contribution in [0.15, 0.2) is 36.4 Å². The van der Waals surface area contributed by atoms with Crippen molar-refractivity contribution in [2.75, 3.05) is 4.90 Å². The Morgan fingerprint density at radius 2 is 1.65 bits per heavy atom. The number of anilines is 1. The molecule has 198 valence electrons. The van der Waals surface area contributed by atoms with E-state index in [1.165, 1.54) is 23.1 Å². The number of aromatic carboxylic acids is 1. The standard InChI is InChI=1S/C27H28Cl3NO6/c1-27(2,14-16-5-3-4-6-16)37-26(36)23(32)13-24(33)31(15-17-7-10-20(28)22(30)11-17)18-8-9-19(25(34)35)21(29)12-18/h7-12,16H,3-6,13-15H2,1-2H3,(H,34,35). The second-order valence-corrected chi connectivity index (χ2v) is 11.0. The van der Waals surface area contributed by atoms with Crippen LogP contribution in [0, 0.1) is 5.92 Å². The van der Waals surface area contributed by atoms with E-state index in [0.29, 0.717) is 22.9 Å². The zero-order chi connectivity index (χ0) is 27.3. The molecule has 1 N–H and O–H groups in total. The number of carboxylic acids is 1. The van der Waals surface area contributed by atoms with E-state index in [1.54, 1.807) is 32.0 Å². The summed E-state index contributed by atoms with van der Waals surface area (Å²) < 4.78 is 5.48. The molecule has 0 heterocycles. The van der Waals surface area contributed by atoms with E-state index in [1.807, 2.05) is 0 Å². The monoisotopic (exact) mass is 567 g/mol. The fraction of sp³-hybridized carbons (Fsp3) is 0.407. The molecule has 0 unspecified atom stereocenters. The minimum absolute atomic E-state index is 0.0338. The summed E-state index contributed by atoms with van der Waals surface area (Å²) >= 11 is 18.2. The molecule has 1 aliphatic rings. The minimum atomic E-state index is -1.22. The largest absolute Gasteiger partial charge is 0.478 e. The lowest BCUT2D eigenvalue weighted by atomic mass is 9.92. The molecule has 2 aromatic carbocycles. The summed E-state index contributed by atoms with van der Waals surface area (Å²) in [6.07, 6.45) is 4.35. The van der Waals surface area contributed by atoms with Crippen LogP contribution >= 0.6 is 34.8 Å². The normalized spacial score (nSPS) is 13.9. The SMILES string of the molecule is CC(C)(CC1CCCC1)OC(=O)C(=O)CC(=O)N(Cc1ccc(Cl)c(Cl)c1)c1ccc(C(=O)O)c(Cl)c1. The molecule has 0 aliphatic heterocycles. The highest BCUT2D eigenvalue weighted by Crippen LogP contribution is 2.33. The lowest BCUT2D eigenvalue weighted by Gasteiger charge is -2.28. The maximum absolute atomic E-state index is 13.3. The molecule has 3 rings (SSSR count). The molecule has 1 saturated carbocycles. The van der Waals surface area contributed by atoms with Crippen LogP contribution in [0.4, 0.5) is 5.69 Å². The van der Waals surface area contributed by atoms with E-state index in [-0.39, 0.29) is 27.8 Å². The van der Waals surface area contributed by atoms with Crippen molar-refractivity contribution in [3.63, 3.8) is 0 Å². The van der Waals surface area contributed by atoms with Gasteiger partial charge in [-0.15, -0.1) is 0 Å². The summed E-state index contributed by atoms with van der Waals surface area (Å²) in [5.74, 6) is -3.51. The highest BCUT2D eigenvalue weighted by molar-refractivity contribution is 6.42. The average molecular weight is 569 g/mol. The third kappa shape index (κ3) is 7.94. The zero-order valence-electron chi connectivity index (χ0n) is 20.6. The first-order chi connectivity index (χ1) is 17.4. The molecule has 0 aromatic heterocycles. The average Bonchev–Trinajstić information content (AvgIpc) is 3.31. The van der Waals surface area contributed by atoms with Crippen molar-refractivity contribution >= 4 is 64.1 Å². The van der Waals surface area contributed by atoms with Gasteiger partial charge >= 0.3 is 11.9 Å².